The maximum absolute atomic E-state index is 11.5. The summed E-state index contributed by atoms with van der Waals surface area (Å²) in [6, 6.07) is 6.46. The first-order valence-corrected chi connectivity index (χ1v) is 6.03. The average Bonchev–Trinajstić information content (AvgIpc) is 2.37. The van der Waals surface area contributed by atoms with Crippen LogP contribution in [0.1, 0.15) is 11.7 Å². The minimum absolute atomic E-state index is 0.492. The number of anilines is 1. The van der Waals surface area contributed by atoms with Gasteiger partial charge in [0.05, 0.1) is 17.6 Å². The summed E-state index contributed by atoms with van der Waals surface area (Å²) in [6.45, 7) is 0. The van der Waals surface area contributed by atoms with Crippen molar-refractivity contribution < 1.29 is 4.79 Å². The van der Waals surface area contributed by atoms with Gasteiger partial charge in [-0.15, -0.1) is 0 Å². The third kappa shape index (κ3) is 3.04. The molecule has 1 atom stereocenters. The van der Waals surface area contributed by atoms with E-state index >= 15 is 0 Å². The SMILES string of the molecule is NC(=O)C(Nc1cncc(Br)c1)c1ccccn1. The van der Waals surface area contributed by atoms with Crippen LogP contribution in [0.25, 0.3) is 0 Å². The Kier molecular flexibility index (Phi) is 3.88. The number of halogens is 1. The van der Waals surface area contributed by atoms with Crippen molar-refractivity contribution in [2.24, 2.45) is 5.73 Å². The minimum atomic E-state index is -0.678. The molecule has 0 saturated heterocycles. The minimum Gasteiger partial charge on any atom is -0.368 e. The molecule has 0 aromatic carbocycles. The van der Waals surface area contributed by atoms with Gasteiger partial charge in [0.1, 0.15) is 6.04 Å². The van der Waals surface area contributed by atoms with E-state index in [1.54, 1.807) is 36.8 Å². The van der Waals surface area contributed by atoms with E-state index in [0.717, 1.165) is 4.47 Å². The highest BCUT2D eigenvalue weighted by molar-refractivity contribution is 9.10. The van der Waals surface area contributed by atoms with Crippen LogP contribution < -0.4 is 11.1 Å². The van der Waals surface area contributed by atoms with Crippen molar-refractivity contribution in [2.45, 2.75) is 6.04 Å². The molecular weight excluding hydrogens is 296 g/mol. The Labute approximate surface area is 113 Å². The summed E-state index contributed by atoms with van der Waals surface area (Å²) in [5.74, 6) is -0.492. The molecule has 0 bridgehead atoms. The van der Waals surface area contributed by atoms with E-state index in [4.69, 9.17) is 5.73 Å². The van der Waals surface area contributed by atoms with Crippen molar-refractivity contribution in [2.75, 3.05) is 5.32 Å². The molecule has 0 aliphatic rings. The summed E-state index contributed by atoms with van der Waals surface area (Å²) in [6.07, 6.45) is 4.89. The summed E-state index contributed by atoms with van der Waals surface area (Å²) in [7, 11) is 0. The summed E-state index contributed by atoms with van der Waals surface area (Å²) in [5.41, 5.74) is 6.65. The predicted molar refractivity (Wildman–Crippen MR) is 71.7 cm³/mol. The Balaban J connectivity index is 2.25. The van der Waals surface area contributed by atoms with Crippen LogP contribution in [0.5, 0.6) is 0 Å². The first-order chi connectivity index (χ1) is 8.66. The van der Waals surface area contributed by atoms with Crippen molar-refractivity contribution in [3.63, 3.8) is 0 Å². The van der Waals surface area contributed by atoms with Crippen LogP contribution in [0, 0.1) is 0 Å². The molecule has 2 rings (SSSR count). The predicted octanol–water partition coefficient (Wildman–Crippen LogP) is 1.88. The molecule has 6 heteroatoms. The molecule has 1 amide bonds. The molecule has 2 heterocycles. The largest absolute Gasteiger partial charge is 0.368 e. The molecule has 0 aliphatic carbocycles. The zero-order valence-electron chi connectivity index (χ0n) is 9.38. The number of carbonyl (C=O) groups excluding carboxylic acids is 1. The van der Waals surface area contributed by atoms with Crippen molar-refractivity contribution in [1.29, 1.82) is 0 Å². The van der Waals surface area contributed by atoms with Gasteiger partial charge in [0.2, 0.25) is 5.91 Å². The third-order valence-electron chi connectivity index (χ3n) is 2.28. The molecule has 0 saturated carbocycles. The number of aromatic nitrogens is 2. The number of hydrogen-bond donors (Lipinski definition) is 2. The lowest BCUT2D eigenvalue weighted by Crippen LogP contribution is -2.28. The monoisotopic (exact) mass is 306 g/mol. The number of nitrogens with two attached hydrogens (primary N) is 1. The molecule has 0 fully saturated rings. The maximum Gasteiger partial charge on any atom is 0.246 e. The lowest BCUT2D eigenvalue weighted by atomic mass is 10.1. The van der Waals surface area contributed by atoms with E-state index < -0.39 is 11.9 Å². The lowest BCUT2D eigenvalue weighted by molar-refractivity contribution is -0.118. The summed E-state index contributed by atoms with van der Waals surface area (Å²) in [4.78, 5) is 19.6. The fourth-order valence-corrected chi connectivity index (χ4v) is 1.86. The first kappa shape index (κ1) is 12.5. The fourth-order valence-electron chi connectivity index (χ4n) is 1.50. The first-order valence-electron chi connectivity index (χ1n) is 5.24. The second kappa shape index (κ2) is 5.59. The molecule has 5 nitrogen and oxygen atoms in total. The number of amides is 1. The van der Waals surface area contributed by atoms with Crippen LogP contribution in [0.4, 0.5) is 5.69 Å². The number of primary amides is 1. The van der Waals surface area contributed by atoms with Gasteiger partial charge in [-0.05, 0) is 34.1 Å². The summed E-state index contributed by atoms with van der Waals surface area (Å²) >= 11 is 3.31. The molecule has 0 aliphatic heterocycles. The van der Waals surface area contributed by atoms with Gasteiger partial charge in [0, 0.05) is 16.9 Å². The zero-order chi connectivity index (χ0) is 13.0. The molecule has 0 spiro atoms. The van der Waals surface area contributed by atoms with E-state index in [1.165, 1.54) is 0 Å². The molecular formula is C12H11BrN4O. The second-order valence-electron chi connectivity index (χ2n) is 3.63. The summed E-state index contributed by atoms with van der Waals surface area (Å²) in [5, 5.41) is 3.01. The van der Waals surface area contributed by atoms with Gasteiger partial charge in [0.15, 0.2) is 0 Å². The molecule has 2 aromatic heterocycles. The molecule has 1 unspecified atom stereocenters. The number of carbonyl (C=O) groups is 1. The number of rotatable bonds is 4. The van der Waals surface area contributed by atoms with Crippen molar-refractivity contribution in [3.05, 3.63) is 53.0 Å². The molecule has 3 N–H and O–H groups in total. The third-order valence-corrected chi connectivity index (χ3v) is 2.72. The van der Waals surface area contributed by atoms with Crippen molar-refractivity contribution in [1.82, 2.24) is 9.97 Å². The van der Waals surface area contributed by atoms with E-state index in [-0.39, 0.29) is 0 Å². The van der Waals surface area contributed by atoms with Gasteiger partial charge >= 0.3 is 0 Å². The Morgan fingerprint density at radius 3 is 2.83 bits per heavy atom. The van der Waals surface area contributed by atoms with Gasteiger partial charge < -0.3 is 11.1 Å². The highest BCUT2D eigenvalue weighted by Crippen LogP contribution is 2.19. The molecule has 92 valence electrons. The van der Waals surface area contributed by atoms with Gasteiger partial charge in [-0.3, -0.25) is 14.8 Å². The van der Waals surface area contributed by atoms with Gasteiger partial charge in [-0.25, -0.2) is 0 Å². The van der Waals surface area contributed by atoms with E-state index in [2.05, 4.69) is 31.2 Å². The highest BCUT2D eigenvalue weighted by atomic mass is 79.9. The molecule has 0 radical (unpaired) electrons. The van der Waals surface area contributed by atoms with Crippen LogP contribution in [-0.4, -0.2) is 15.9 Å². The van der Waals surface area contributed by atoms with Gasteiger partial charge in [-0.2, -0.15) is 0 Å². The Morgan fingerprint density at radius 1 is 1.39 bits per heavy atom. The van der Waals surface area contributed by atoms with Gasteiger partial charge in [-0.1, -0.05) is 6.07 Å². The number of pyridine rings is 2. The van der Waals surface area contributed by atoms with Gasteiger partial charge in [0.25, 0.3) is 0 Å². The fraction of sp³-hybridized carbons (Fsp3) is 0.0833. The summed E-state index contributed by atoms with van der Waals surface area (Å²) < 4.78 is 0.816. The number of nitrogens with zero attached hydrogens (tertiary/aromatic N) is 2. The Morgan fingerprint density at radius 2 is 2.22 bits per heavy atom. The van der Waals surface area contributed by atoms with Crippen LogP contribution >= 0.6 is 15.9 Å². The number of nitrogens with one attached hydrogen (secondary N) is 1. The van der Waals surface area contributed by atoms with Crippen LogP contribution in [0.3, 0.4) is 0 Å². The van der Waals surface area contributed by atoms with Crippen molar-refractivity contribution >= 4 is 27.5 Å². The van der Waals surface area contributed by atoms with E-state index in [9.17, 15) is 4.79 Å². The highest BCUT2D eigenvalue weighted by Gasteiger charge is 2.18. The number of hydrogen-bond acceptors (Lipinski definition) is 4. The standard InChI is InChI=1S/C12H11BrN4O/c13-8-5-9(7-15-6-8)17-11(12(14)18)10-3-1-2-4-16-10/h1-7,11,17H,(H2,14,18). The van der Waals surface area contributed by atoms with Crippen LogP contribution in [0.15, 0.2) is 47.3 Å². The normalized spacial score (nSPS) is 11.8. The maximum atomic E-state index is 11.5. The smallest absolute Gasteiger partial charge is 0.246 e. The quantitative estimate of drug-likeness (QED) is 0.903. The zero-order valence-corrected chi connectivity index (χ0v) is 11.0. The lowest BCUT2D eigenvalue weighted by Gasteiger charge is -2.15. The van der Waals surface area contributed by atoms with Crippen LogP contribution in [0.2, 0.25) is 0 Å². The van der Waals surface area contributed by atoms with Crippen LogP contribution in [-0.2, 0) is 4.79 Å². The van der Waals surface area contributed by atoms with E-state index in [0.29, 0.717) is 11.4 Å². The Hall–Kier alpha value is -1.95. The Bertz CT molecular complexity index is 547. The van der Waals surface area contributed by atoms with Crippen molar-refractivity contribution in [3.8, 4) is 0 Å². The second-order valence-corrected chi connectivity index (χ2v) is 4.54. The molecule has 2 aromatic rings. The topological polar surface area (TPSA) is 80.9 Å². The van der Waals surface area contributed by atoms with E-state index in [1.807, 2.05) is 6.07 Å². The average molecular weight is 307 g/mol. The molecule has 18 heavy (non-hydrogen) atoms.